The monoisotopic (exact) mass is 324 g/mol. The first kappa shape index (κ1) is 15.9. The third kappa shape index (κ3) is 2.16. The van der Waals surface area contributed by atoms with E-state index in [2.05, 4.69) is 9.97 Å². The van der Waals surface area contributed by atoms with Gasteiger partial charge >= 0.3 is 0 Å². The molecule has 1 saturated heterocycles. The maximum Gasteiger partial charge on any atom is 0.262 e. The summed E-state index contributed by atoms with van der Waals surface area (Å²) in [6, 6.07) is 0. The van der Waals surface area contributed by atoms with Crippen LogP contribution in [-0.4, -0.2) is 56.3 Å². The smallest absolute Gasteiger partial charge is 0.262 e. The summed E-state index contributed by atoms with van der Waals surface area (Å²) in [5.74, 6) is -0.0155. The van der Waals surface area contributed by atoms with Gasteiger partial charge in [0.1, 0.15) is 17.8 Å². The second-order valence-electron chi connectivity index (χ2n) is 5.91. The molecule has 2 aromatic rings. The molecule has 1 aliphatic rings. The van der Waals surface area contributed by atoms with Crippen molar-refractivity contribution in [1.29, 1.82) is 0 Å². The second-order valence-corrected chi connectivity index (χ2v) is 5.91. The standard InChI is InChI=1S/C14H20N4O5/c1-6-4-18(10-8(6)11(21)17-13(15)16-10)12-14(2,22-3)9(20)7(5-19)23-12/h4,7,9,12,19-20H,5H2,1-3H3,(H3,15,16,17,21)/t7-,9?,12-,14-/m1/s1. The molecule has 2 aromatic heterocycles. The van der Waals surface area contributed by atoms with Crippen molar-refractivity contribution in [2.24, 2.45) is 0 Å². The topological polar surface area (TPSA) is 136 Å². The molecule has 0 bridgehead atoms. The van der Waals surface area contributed by atoms with Crippen LogP contribution < -0.4 is 11.3 Å². The second kappa shape index (κ2) is 5.31. The molecule has 9 nitrogen and oxygen atoms in total. The Kier molecular flexibility index (Phi) is 3.68. The number of methoxy groups -OCH3 is 1. The van der Waals surface area contributed by atoms with Crippen molar-refractivity contribution in [3.8, 4) is 0 Å². The number of ether oxygens (including phenoxy) is 2. The quantitative estimate of drug-likeness (QED) is 0.584. The summed E-state index contributed by atoms with van der Waals surface area (Å²) in [5, 5.41) is 20.2. The van der Waals surface area contributed by atoms with Gasteiger partial charge in [-0.05, 0) is 19.4 Å². The Balaban J connectivity index is 2.22. The van der Waals surface area contributed by atoms with Crippen molar-refractivity contribution in [2.75, 3.05) is 19.5 Å². The van der Waals surface area contributed by atoms with Gasteiger partial charge in [-0.25, -0.2) is 0 Å². The number of nitrogens with one attached hydrogen (secondary N) is 1. The molecule has 0 aliphatic carbocycles. The number of aliphatic hydroxyl groups excluding tert-OH is 2. The summed E-state index contributed by atoms with van der Waals surface area (Å²) in [6.45, 7) is 3.09. The number of nitrogen functional groups attached to an aromatic ring is 1. The zero-order chi connectivity index (χ0) is 16.9. The van der Waals surface area contributed by atoms with Crippen LogP contribution in [0.2, 0.25) is 0 Å². The van der Waals surface area contributed by atoms with E-state index in [9.17, 15) is 15.0 Å². The summed E-state index contributed by atoms with van der Waals surface area (Å²) in [5.41, 5.74) is 5.20. The van der Waals surface area contributed by atoms with Crippen molar-refractivity contribution < 1.29 is 19.7 Å². The molecular weight excluding hydrogens is 304 g/mol. The van der Waals surface area contributed by atoms with Crippen LogP contribution in [0.5, 0.6) is 0 Å². The Hall–Kier alpha value is -1.94. The van der Waals surface area contributed by atoms with Crippen LogP contribution in [0.1, 0.15) is 18.7 Å². The number of rotatable bonds is 3. The molecule has 0 amide bonds. The van der Waals surface area contributed by atoms with Crippen molar-refractivity contribution >= 4 is 17.0 Å². The number of aliphatic hydroxyl groups is 2. The molecule has 9 heteroatoms. The highest BCUT2D eigenvalue weighted by molar-refractivity contribution is 5.80. The van der Waals surface area contributed by atoms with Crippen LogP contribution in [0.25, 0.3) is 11.0 Å². The van der Waals surface area contributed by atoms with Crippen molar-refractivity contribution in [3.05, 3.63) is 22.1 Å². The highest BCUT2D eigenvalue weighted by atomic mass is 16.6. The first-order chi connectivity index (χ1) is 10.8. The third-order valence-electron chi connectivity index (χ3n) is 4.50. The molecule has 23 heavy (non-hydrogen) atoms. The van der Waals surface area contributed by atoms with E-state index in [1.807, 2.05) is 0 Å². The highest BCUT2D eigenvalue weighted by Crippen LogP contribution is 2.42. The number of aromatic amines is 1. The average molecular weight is 324 g/mol. The summed E-state index contributed by atoms with van der Waals surface area (Å²) < 4.78 is 12.8. The molecule has 126 valence electrons. The van der Waals surface area contributed by atoms with Crippen LogP contribution >= 0.6 is 0 Å². The maximum atomic E-state index is 12.1. The lowest BCUT2D eigenvalue weighted by Gasteiger charge is -2.31. The van der Waals surface area contributed by atoms with E-state index >= 15 is 0 Å². The van der Waals surface area contributed by atoms with E-state index in [1.54, 1.807) is 24.6 Å². The van der Waals surface area contributed by atoms with Gasteiger partial charge in [-0.3, -0.25) is 9.78 Å². The summed E-state index contributed by atoms with van der Waals surface area (Å²) >= 11 is 0. The summed E-state index contributed by atoms with van der Waals surface area (Å²) in [6.07, 6.45) is -0.924. The van der Waals surface area contributed by atoms with Crippen LogP contribution in [-0.2, 0) is 9.47 Å². The molecular formula is C14H20N4O5. The van der Waals surface area contributed by atoms with Crippen molar-refractivity contribution in [3.63, 3.8) is 0 Å². The van der Waals surface area contributed by atoms with Crippen molar-refractivity contribution in [2.45, 2.75) is 37.9 Å². The number of aryl methyl sites for hydroxylation is 1. The van der Waals surface area contributed by atoms with Gasteiger partial charge in [0.05, 0.1) is 12.0 Å². The molecule has 5 N–H and O–H groups in total. The molecule has 0 aromatic carbocycles. The molecule has 1 aliphatic heterocycles. The van der Waals surface area contributed by atoms with E-state index in [0.29, 0.717) is 16.6 Å². The maximum absolute atomic E-state index is 12.1. The first-order valence-electron chi connectivity index (χ1n) is 7.20. The van der Waals surface area contributed by atoms with Gasteiger partial charge < -0.3 is 30.0 Å². The molecule has 0 spiro atoms. The van der Waals surface area contributed by atoms with Gasteiger partial charge in [0.15, 0.2) is 11.9 Å². The van der Waals surface area contributed by atoms with E-state index in [0.717, 1.165) is 0 Å². The van der Waals surface area contributed by atoms with Gasteiger partial charge in [0, 0.05) is 13.3 Å². The largest absolute Gasteiger partial charge is 0.394 e. The Bertz CT molecular complexity index is 800. The predicted molar refractivity (Wildman–Crippen MR) is 81.9 cm³/mol. The van der Waals surface area contributed by atoms with E-state index in [4.69, 9.17) is 15.2 Å². The van der Waals surface area contributed by atoms with Crippen LogP contribution in [0.15, 0.2) is 11.0 Å². The lowest BCUT2D eigenvalue weighted by molar-refractivity contribution is -0.118. The fourth-order valence-corrected chi connectivity index (χ4v) is 3.13. The molecule has 0 saturated carbocycles. The zero-order valence-electron chi connectivity index (χ0n) is 13.1. The van der Waals surface area contributed by atoms with Gasteiger partial charge in [-0.2, -0.15) is 4.98 Å². The van der Waals surface area contributed by atoms with E-state index in [-0.39, 0.29) is 18.1 Å². The SMILES string of the molecule is CO[C@]1(C)C(O)[C@@H](CO)O[C@H]1n1cc(C)c2c(=O)[nH]c(N)nc21. The van der Waals surface area contributed by atoms with Gasteiger partial charge in [-0.15, -0.1) is 0 Å². The zero-order valence-corrected chi connectivity index (χ0v) is 13.1. The van der Waals surface area contributed by atoms with Gasteiger partial charge in [0.25, 0.3) is 5.56 Å². The number of aromatic nitrogens is 3. The van der Waals surface area contributed by atoms with E-state index in [1.165, 1.54) is 7.11 Å². The number of hydrogen-bond acceptors (Lipinski definition) is 7. The summed E-state index contributed by atoms with van der Waals surface area (Å²) in [7, 11) is 1.45. The minimum Gasteiger partial charge on any atom is -0.394 e. The lowest BCUT2D eigenvalue weighted by atomic mass is 9.96. The van der Waals surface area contributed by atoms with Crippen LogP contribution in [0, 0.1) is 6.92 Å². The fourth-order valence-electron chi connectivity index (χ4n) is 3.13. The summed E-state index contributed by atoms with van der Waals surface area (Å²) in [4.78, 5) is 18.8. The van der Waals surface area contributed by atoms with Crippen LogP contribution in [0.3, 0.4) is 0 Å². The molecule has 4 atom stereocenters. The first-order valence-corrected chi connectivity index (χ1v) is 7.20. The number of H-pyrrole nitrogens is 1. The lowest BCUT2D eigenvalue weighted by Crippen LogP contribution is -2.46. The Morgan fingerprint density at radius 2 is 2.30 bits per heavy atom. The molecule has 1 fully saturated rings. The minimum absolute atomic E-state index is 0.0155. The number of anilines is 1. The number of nitrogens with zero attached hydrogens (tertiary/aromatic N) is 2. The number of fused-ring (bicyclic) bond motifs is 1. The molecule has 0 radical (unpaired) electrons. The normalized spacial score (nSPS) is 31.1. The molecule has 1 unspecified atom stereocenters. The van der Waals surface area contributed by atoms with E-state index < -0.39 is 24.0 Å². The molecule has 3 rings (SSSR count). The predicted octanol–water partition coefficient (Wildman–Crippen LogP) is -0.729. The number of hydrogen-bond donors (Lipinski definition) is 4. The third-order valence-corrected chi connectivity index (χ3v) is 4.50. The average Bonchev–Trinajstić information content (AvgIpc) is 2.95. The Morgan fingerprint density at radius 3 is 2.91 bits per heavy atom. The molecule has 3 heterocycles. The Morgan fingerprint density at radius 1 is 1.61 bits per heavy atom. The number of nitrogens with two attached hydrogens (primary N) is 1. The van der Waals surface area contributed by atoms with Crippen LogP contribution in [0.4, 0.5) is 5.95 Å². The van der Waals surface area contributed by atoms with Gasteiger partial charge in [-0.1, -0.05) is 0 Å². The highest BCUT2D eigenvalue weighted by Gasteiger charge is 2.54. The minimum atomic E-state index is -1.12. The fraction of sp³-hybridized carbons (Fsp3) is 0.571. The Labute approximate surface area is 131 Å². The van der Waals surface area contributed by atoms with Gasteiger partial charge in [0.2, 0.25) is 5.95 Å². The van der Waals surface area contributed by atoms with Crippen molar-refractivity contribution in [1.82, 2.24) is 14.5 Å².